The molecule has 1 aromatic heterocycles. The molecule has 0 fully saturated rings. The van der Waals surface area contributed by atoms with Crippen LogP contribution in [0, 0.1) is 5.82 Å². The second-order valence-electron chi connectivity index (χ2n) is 6.47. The second kappa shape index (κ2) is 8.92. The maximum Gasteiger partial charge on any atom is 0.273 e. The maximum absolute atomic E-state index is 13.0. The molecule has 0 aliphatic heterocycles. The van der Waals surface area contributed by atoms with E-state index in [-0.39, 0.29) is 17.4 Å². The van der Waals surface area contributed by atoms with Crippen molar-refractivity contribution >= 4 is 21.8 Å². The Balaban J connectivity index is 1.33. The zero-order valence-corrected chi connectivity index (χ0v) is 17.2. The van der Waals surface area contributed by atoms with E-state index < -0.39 is 0 Å². The summed E-state index contributed by atoms with van der Waals surface area (Å²) in [5.74, 6) is 1.05. The summed E-state index contributed by atoms with van der Waals surface area (Å²) < 4.78 is 24.8. The predicted molar refractivity (Wildman–Crippen MR) is 114 cm³/mol. The van der Waals surface area contributed by atoms with Crippen LogP contribution in [0.3, 0.4) is 0 Å². The van der Waals surface area contributed by atoms with Crippen LogP contribution in [0.25, 0.3) is 11.3 Å². The lowest BCUT2D eigenvalue weighted by Crippen LogP contribution is -2.22. The van der Waals surface area contributed by atoms with Crippen LogP contribution in [0.15, 0.2) is 87.9 Å². The van der Waals surface area contributed by atoms with Gasteiger partial charge in [-0.2, -0.15) is 0 Å². The van der Waals surface area contributed by atoms with E-state index in [2.05, 4.69) is 26.4 Å². The number of carbonyl (C=O) groups is 1. The van der Waals surface area contributed by atoms with Gasteiger partial charge in [0.2, 0.25) is 0 Å². The van der Waals surface area contributed by atoms with Gasteiger partial charge in [-0.25, -0.2) is 4.39 Å². The molecule has 1 amide bonds. The molecule has 0 saturated carbocycles. The van der Waals surface area contributed by atoms with Crippen LogP contribution >= 0.6 is 15.9 Å². The lowest BCUT2D eigenvalue weighted by molar-refractivity contribution is 0.0942. The first-order valence-corrected chi connectivity index (χ1v) is 9.89. The molecule has 0 aliphatic rings. The molecule has 4 rings (SSSR count). The Morgan fingerprint density at radius 1 is 0.967 bits per heavy atom. The number of aromatic nitrogens is 1. The highest BCUT2D eigenvalue weighted by molar-refractivity contribution is 9.10. The topological polar surface area (TPSA) is 64.4 Å². The third kappa shape index (κ3) is 4.93. The summed E-state index contributed by atoms with van der Waals surface area (Å²) in [6.07, 6.45) is 0. The molecule has 7 heteroatoms. The fourth-order valence-electron chi connectivity index (χ4n) is 2.72. The van der Waals surface area contributed by atoms with E-state index in [4.69, 9.17) is 9.26 Å². The second-order valence-corrected chi connectivity index (χ2v) is 7.38. The van der Waals surface area contributed by atoms with Crippen molar-refractivity contribution in [1.29, 1.82) is 0 Å². The molecule has 5 nitrogen and oxygen atoms in total. The predicted octanol–water partition coefficient (Wildman–Crippen LogP) is 5.97. The Kier molecular flexibility index (Phi) is 5.90. The van der Waals surface area contributed by atoms with Crippen molar-refractivity contribution in [1.82, 2.24) is 10.5 Å². The van der Waals surface area contributed by atoms with Crippen LogP contribution in [-0.4, -0.2) is 11.1 Å². The molecule has 30 heavy (non-hydrogen) atoms. The minimum absolute atomic E-state index is 0.212. The molecule has 0 radical (unpaired) electrons. The number of nitrogens with one attached hydrogen (secondary N) is 1. The summed E-state index contributed by atoms with van der Waals surface area (Å²) in [5, 5.41) is 6.66. The molecule has 0 aliphatic carbocycles. The van der Waals surface area contributed by atoms with Crippen LogP contribution in [0.2, 0.25) is 0 Å². The van der Waals surface area contributed by atoms with E-state index in [9.17, 15) is 9.18 Å². The van der Waals surface area contributed by atoms with Gasteiger partial charge in [-0.15, -0.1) is 0 Å². The Hall–Kier alpha value is -3.45. The number of hydrogen-bond donors (Lipinski definition) is 1. The highest BCUT2D eigenvalue weighted by Crippen LogP contribution is 2.23. The third-order valence-electron chi connectivity index (χ3n) is 4.30. The van der Waals surface area contributed by atoms with E-state index >= 15 is 0 Å². The summed E-state index contributed by atoms with van der Waals surface area (Å²) in [6, 6.07) is 22.2. The van der Waals surface area contributed by atoms with Gasteiger partial charge < -0.3 is 14.6 Å². The smallest absolute Gasteiger partial charge is 0.273 e. The highest BCUT2D eigenvalue weighted by Gasteiger charge is 2.13. The lowest BCUT2D eigenvalue weighted by atomic mass is 10.1. The molecule has 4 aromatic rings. The standard InChI is InChI=1S/C23H16BrFN2O3/c24-17-5-3-16(4-6-17)22-13-21(27-30-22)23(28)26-14-15-1-9-19(10-2-15)29-20-11-7-18(25)8-12-20/h1-13H,14H2,(H,26,28). The van der Waals surface area contributed by atoms with Gasteiger partial charge in [0.1, 0.15) is 17.3 Å². The summed E-state index contributed by atoms with van der Waals surface area (Å²) in [7, 11) is 0. The van der Waals surface area contributed by atoms with Crippen molar-refractivity contribution < 1.29 is 18.4 Å². The minimum Gasteiger partial charge on any atom is -0.457 e. The highest BCUT2D eigenvalue weighted by atomic mass is 79.9. The number of carbonyl (C=O) groups excluding carboxylic acids is 1. The molecule has 1 heterocycles. The Morgan fingerprint density at radius 2 is 1.60 bits per heavy atom. The minimum atomic E-state index is -0.325. The molecule has 0 unspecified atom stereocenters. The molecular formula is C23H16BrFN2O3. The molecule has 150 valence electrons. The Bertz CT molecular complexity index is 1140. The molecule has 1 N–H and O–H groups in total. The van der Waals surface area contributed by atoms with Gasteiger partial charge in [-0.05, 0) is 54.1 Å². The molecule has 0 saturated heterocycles. The van der Waals surface area contributed by atoms with Gasteiger partial charge in [0, 0.05) is 22.6 Å². The van der Waals surface area contributed by atoms with Crippen LogP contribution in [0.5, 0.6) is 11.5 Å². The molecule has 0 atom stereocenters. The van der Waals surface area contributed by atoms with Gasteiger partial charge >= 0.3 is 0 Å². The third-order valence-corrected chi connectivity index (χ3v) is 4.83. The van der Waals surface area contributed by atoms with Crippen molar-refractivity contribution in [3.63, 3.8) is 0 Å². The van der Waals surface area contributed by atoms with E-state index in [1.54, 1.807) is 30.3 Å². The van der Waals surface area contributed by atoms with Crippen LogP contribution in [0.1, 0.15) is 16.1 Å². The summed E-state index contributed by atoms with van der Waals surface area (Å²) in [5.41, 5.74) is 1.94. The van der Waals surface area contributed by atoms with Crippen molar-refractivity contribution in [2.45, 2.75) is 6.54 Å². The molecular weight excluding hydrogens is 451 g/mol. The van der Waals surface area contributed by atoms with E-state index in [1.165, 1.54) is 12.1 Å². The molecule has 0 bridgehead atoms. The van der Waals surface area contributed by atoms with E-state index in [0.29, 0.717) is 23.8 Å². The van der Waals surface area contributed by atoms with Crippen LogP contribution < -0.4 is 10.1 Å². The summed E-state index contributed by atoms with van der Waals surface area (Å²) in [6.45, 7) is 0.330. The fourth-order valence-corrected chi connectivity index (χ4v) is 2.98. The van der Waals surface area contributed by atoms with Crippen molar-refractivity contribution in [2.24, 2.45) is 0 Å². The van der Waals surface area contributed by atoms with Gasteiger partial charge in [-0.3, -0.25) is 4.79 Å². The first kappa shape index (κ1) is 19.8. The van der Waals surface area contributed by atoms with Crippen LogP contribution in [-0.2, 0) is 6.54 Å². The molecule has 0 spiro atoms. The number of rotatable bonds is 6. The van der Waals surface area contributed by atoms with E-state index in [0.717, 1.165) is 15.6 Å². The Labute approximate surface area is 180 Å². The monoisotopic (exact) mass is 466 g/mol. The van der Waals surface area contributed by atoms with Crippen molar-refractivity contribution in [3.05, 3.63) is 100 Å². The zero-order valence-electron chi connectivity index (χ0n) is 15.6. The first-order valence-electron chi connectivity index (χ1n) is 9.10. The number of halogens is 2. The number of ether oxygens (including phenoxy) is 1. The average molecular weight is 467 g/mol. The molecule has 3 aromatic carbocycles. The maximum atomic E-state index is 13.0. The van der Waals surface area contributed by atoms with Gasteiger partial charge in [0.25, 0.3) is 5.91 Å². The largest absolute Gasteiger partial charge is 0.457 e. The van der Waals surface area contributed by atoms with Gasteiger partial charge in [0.15, 0.2) is 11.5 Å². The lowest BCUT2D eigenvalue weighted by Gasteiger charge is -2.07. The number of nitrogens with zero attached hydrogens (tertiary/aromatic N) is 1. The first-order chi connectivity index (χ1) is 14.6. The summed E-state index contributed by atoms with van der Waals surface area (Å²) >= 11 is 3.38. The number of hydrogen-bond acceptors (Lipinski definition) is 4. The number of benzene rings is 3. The fraction of sp³-hybridized carbons (Fsp3) is 0.0435. The number of amides is 1. The van der Waals surface area contributed by atoms with Crippen LogP contribution in [0.4, 0.5) is 4.39 Å². The normalized spacial score (nSPS) is 10.6. The van der Waals surface area contributed by atoms with E-state index in [1.807, 2.05) is 36.4 Å². The quantitative estimate of drug-likeness (QED) is 0.380. The zero-order chi connectivity index (χ0) is 20.9. The van der Waals surface area contributed by atoms with Crippen molar-refractivity contribution in [2.75, 3.05) is 0 Å². The van der Waals surface area contributed by atoms with Gasteiger partial charge in [0.05, 0.1) is 0 Å². The van der Waals surface area contributed by atoms with Crippen molar-refractivity contribution in [3.8, 4) is 22.8 Å². The van der Waals surface area contributed by atoms with Gasteiger partial charge in [-0.1, -0.05) is 45.4 Å². The average Bonchev–Trinajstić information content (AvgIpc) is 3.25. The SMILES string of the molecule is O=C(NCc1ccc(Oc2ccc(F)cc2)cc1)c1cc(-c2ccc(Br)cc2)on1. The Morgan fingerprint density at radius 3 is 2.27 bits per heavy atom. The summed E-state index contributed by atoms with van der Waals surface area (Å²) in [4.78, 5) is 12.4.